The van der Waals surface area contributed by atoms with Gasteiger partial charge in [-0.3, -0.25) is 9.69 Å². The predicted octanol–water partition coefficient (Wildman–Crippen LogP) is 2.98. The molecule has 2 aromatic carbocycles. The fourth-order valence-corrected chi connectivity index (χ4v) is 3.86. The maximum Gasteiger partial charge on any atom is 0.220 e. The summed E-state index contributed by atoms with van der Waals surface area (Å²) >= 11 is 0. The molecule has 5 heteroatoms. The van der Waals surface area contributed by atoms with Gasteiger partial charge in [-0.1, -0.05) is 42.5 Å². The fraction of sp³-hybridized carbons (Fsp3) is 0.333. The quantitative estimate of drug-likeness (QED) is 0.731. The summed E-state index contributed by atoms with van der Waals surface area (Å²) in [4.78, 5) is 21.3. The van der Waals surface area contributed by atoms with Gasteiger partial charge < -0.3 is 9.47 Å². The number of piperazine rings is 1. The number of carbonyl (C=O) groups excluding carboxylic acids is 1. The van der Waals surface area contributed by atoms with Gasteiger partial charge in [-0.05, 0) is 17.7 Å². The Kier molecular flexibility index (Phi) is 4.47. The van der Waals surface area contributed by atoms with Crippen molar-refractivity contribution in [2.45, 2.75) is 19.5 Å². The molecule has 0 radical (unpaired) electrons. The van der Waals surface area contributed by atoms with Crippen LogP contribution in [-0.4, -0.2) is 44.9 Å². The van der Waals surface area contributed by atoms with E-state index in [-0.39, 0.29) is 11.9 Å². The van der Waals surface area contributed by atoms with Crippen molar-refractivity contribution in [3.8, 4) is 0 Å². The monoisotopic (exact) mass is 348 g/mol. The lowest BCUT2D eigenvalue weighted by Crippen LogP contribution is -2.49. The summed E-state index contributed by atoms with van der Waals surface area (Å²) < 4.78 is 2.17. The summed E-state index contributed by atoms with van der Waals surface area (Å²) in [6, 6.07) is 18.6. The van der Waals surface area contributed by atoms with E-state index in [4.69, 9.17) is 4.98 Å². The van der Waals surface area contributed by atoms with Gasteiger partial charge in [0.2, 0.25) is 5.91 Å². The van der Waals surface area contributed by atoms with Gasteiger partial charge in [-0.2, -0.15) is 0 Å². The van der Waals surface area contributed by atoms with Gasteiger partial charge in [0.05, 0.1) is 23.6 Å². The van der Waals surface area contributed by atoms with Crippen molar-refractivity contribution in [1.29, 1.82) is 0 Å². The summed E-state index contributed by atoms with van der Waals surface area (Å²) in [7, 11) is 2.07. The number of aromatic nitrogens is 2. The molecule has 1 amide bonds. The number of amides is 1. The Morgan fingerprint density at radius 2 is 1.81 bits per heavy atom. The minimum absolute atomic E-state index is 0.0946. The zero-order valence-electron chi connectivity index (χ0n) is 15.3. The third-order valence-electron chi connectivity index (χ3n) is 5.30. The Bertz CT molecular complexity index is 918. The second kappa shape index (κ2) is 6.92. The molecule has 3 aromatic rings. The third kappa shape index (κ3) is 3.10. The second-order valence-electron chi connectivity index (χ2n) is 6.95. The molecule has 0 spiro atoms. The molecule has 1 aliphatic rings. The van der Waals surface area contributed by atoms with Crippen LogP contribution in [0.3, 0.4) is 0 Å². The van der Waals surface area contributed by atoms with Crippen LogP contribution in [0.5, 0.6) is 0 Å². The van der Waals surface area contributed by atoms with Crippen LogP contribution in [0.2, 0.25) is 0 Å². The molecule has 0 unspecified atom stereocenters. The lowest BCUT2D eigenvalue weighted by molar-refractivity contribution is -0.134. The van der Waals surface area contributed by atoms with Gasteiger partial charge >= 0.3 is 0 Å². The number of para-hydroxylation sites is 2. The first-order valence-corrected chi connectivity index (χ1v) is 9.08. The largest absolute Gasteiger partial charge is 0.333 e. The molecule has 1 saturated heterocycles. The zero-order chi connectivity index (χ0) is 18.1. The number of benzene rings is 2. The van der Waals surface area contributed by atoms with Crippen LogP contribution in [0.15, 0.2) is 54.6 Å². The molecule has 1 atom stereocenters. The summed E-state index contributed by atoms with van der Waals surface area (Å²) in [5, 5.41) is 0. The van der Waals surface area contributed by atoms with E-state index in [9.17, 15) is 4.79 Å². The van der Waals surface area contributed by atoms with E-state index in [1.54, 1.807) is 6.92 Å². The molecular formula is C21H24N4O. The first kappa shape index (κ1) is 16.8. The molecule has 1 aromatic heterocycles. The average Bonchev–Trinajstić information content (AvgIpc) is 2.98. The normalized spacial score (nSPS) is 18.4. The van der Waals surface area contributed by atoms with E-state index >= 15 is 0 Å². The summed E-state index contributed by atoms with van der Waals surface area (Å²) in [5.74, 6) is 1.20. The molecular weight excluding hydrogens is 324 g/mol. The highest BCUT2D eigenvalue weighted by Gasteiger charge is 2.30. The SMILES string of the molecule is CC(=O)N1CCN(Cc2nc3ccccc3n2C)C[C@@H]1c1ccccc1. The van der Waals surface area contributed by atoms with Crippen LogP contribution >= 0.6 is 0 Å². The van der Waals surface area contributed by atoms with Gasteiger partial charge in [0, 0.05) is 33.6 Å². The lowest BCUT2D eigenvalue weighted by atomic mass is 10.0. The number of nitrogens with zero attached hydrogens (tertiary/aromatic N) is 4. The van der Waals surface area contributed by atoms with Gasteiger partial charge in [-0.15, -0.1) is 0 Å². The first-order chi connectivity index (χ1) is 12.6. The molecule has 1 aliphatic heterocycles. The van der Waals surface area contributed by atoms with Gasteiger partial charge in [-0.25, -0.2) is 4.98 Å². The van der Waals surface area contributed by atoms with Crippen LogP contribution in [-0.2, 0) is 18.4 Å². The van der Waals surface area contributed by atoms with E-state index in [0.29, 0.717) is 0 Å². The molecule has 26 heavy (non-hydrogen) atoms. The smallest absolute Gasteiger partial charge is 0.220 e. The van der Waals surface area contributed by atoms with E-state index in [2.05, 4.69) is 40.8 Å². The Labute approximate surface area is 153 Å². The fourth-order valence-electron chi connectivity index (χ4n) is 3.86. The zero-order valence-corrected chi connectivity index (χ0v) is 15.3. The maximum absolute atomic E-state index is 12.1. The molecule has 0 saturated carbocycles. The molecule has 0 aliphatic carbocycles. The molecule has 5 nitrogen and oxygen atoms in total. The van der Waals surface area contributed by atoms with Crippen molar-refractivity contribution in [2.75, 3.05) is 19.6 Å². The van der Waals surface area contributed by atoms with Crippen LogP contribution in [0.25, 0.3) is 11.0 Å². The number of hydrogen-bond donors (Lipinski definition) is 0. The maximum atomic E-state index is 12.1. The highest BCUT2D eigenvalue weighted by atomic mass is 16.2. The van der Waals surface area contributed by atoms with Crippen LogP contribution in [0.1, 0.15) is 24.4 Å². The Morgan fingerprint density at radius 3 is 2.54 bits per heavy atom. The van der Waals surface area contributed by atoms with Crippen molar-refractivity contribution in [3.63, 3.8) is 0 Å². The van der Waals surface area contributed by atoms with Crippen molar-refractivity contribution >= 4 is 16.9 Å². The number of hydrogen-bond acceptors (Lipinski definition) is 3. The molecule has 1 fully saturated rings. The van der Waals surface area contributed by atoms with E-state index < -0.39 is 0 Å². The molecule has 134 valence electrons. The summed E-state index contributed by atoms with van der Waals surface area (Å²) in [6.07, 6.45) is 0. The number of imidazole rings is 1. The summed E-state index contributed by atoms with van der Waals surface area (Å²) in [5.41, 5.74) is 3.38. The Hall–Kier alpha value is -2.66. The Morgan fingerprint density at radius 1 is 1.08 bits per heavy atom. The Balaban J connectivity index is 1.58. The van der Waals surface area contributed by atoms with Gasteiger partial charge in [0.1, 0.15) is 5.82 Å². The molecule has 0 bridgehead atoms. The number of fused-ring (bicyclic) bond motifs is 1. The van der Waals surface area contributed by atoms with E-state index in [0.717, 1.165) is 43.0 Å². The lowest BCUT2D eigenvalue weighted by Gasteiger charge is -2.41. The number of aryl methyl sites for hydroxylation is 1. The van der Waals surface area contributed by atoms with Crippen LogP contribution in [0.4, 0.5) is 0 Å². The first-order valence-electron chi connectivity index (χ1n) is 9.08. The number of rotatable bonds is 3. The minimum atomic E-state index is 0.0946. The van der Waals surface area contributed by atoms with E-state index in [1.807, 2.05) is 35.2 Å². The van der Waals surface area contributed by atoms with Gasteiger partial charge in [0.25, 0.3) is 0 Å². The highest BCUT2D eigenvalue weighted by Crippen LogP contribution is 2.26. The van der Waals surface area contributed by atoms with Crippen molar-refractivity contribution in [1.82, 2.24) is 19.4 Å². The average molecular weight is 348 g/mol. The van der Waals surface area contributed by atoms with Crippen LogP contribution in [0, 0.1) is 0 Å². The molecule has 0 N–H and O–H groups in total. The van der Waals surface area contributed by atoms with Crippen molar-refractivity contribution in [3.05, 3.63) is 66.0 Å². The number of carbonyl (C=O) groups is 1. The van der Waals surface area contributed by atoms with Gasteiger partial charge in [0.15, 0.2) is 0 Å². The molecule has 2 heterocycles. The van der Waals surface area contributed by atoms with E-state index in [1.165, 1.54) is 5.56 Å². The summed E-state index contributed by atoms with van der Waals surface area (Å²) in [6.45, 7) is 4.90. The van der Waals surface area contributed by atoms with Crippen LogP contribution < -0.4 is 0 Å². The molecule has 4 rings (SSSR count). The minimum Gasteiger partial charge on any atom is -0.333 e. The third-order valence-corrected chi connectivity index (χ3v) is 5.30. The second-order valence-corrected chi connectivity index (χ2v) is 6.95. The van der Waals surface area contributed by atoms with Crippen molar-refractivity contribution < 1.29 is 4.79 Å². The highest BCUT2D eigenvalue weighted by molar-refractivity contribution is 5.75. The van der Waals surface area contributed by atoms with Crippen molar-refractivity contribution in [2.24, 2.45) is 7.05 Å². The predicted molar refractivity (Wildman–Crippen MR) is 103 cm³/mol. The topological polar surface area (TPSA) is 41.4 Å². The standard InChI is InChI=1S/C21H24N4O/c1-16(26)25-13-12-24(14-20(25)17-8-4-3-5-9-17)15-21-22-18-10-6-7-11-19(18)23(21)2/h3-11,20H,12-15H2,1-2H3/t20-/m1/s1.